The fraction of sp³-hybridized carbons (Fsp3) is 0.476. The van der Waals surface area contributed by atoms with E-state index in [4.69, 9.17) is 0 Å². The lowest BCUT2D eigenvalue weighted by atomic mass is 9.98. The number of benzene rings is 1. The average Bonchev–Trinajstić information content (AvgIpc) is 3.60. The summed E-state index contributed by atoms with van der Waals surface area (Å²) >= 11 is 0. The van der Waals surface area contributed by atoms with Crippen LogP contribution in [0.1, 0.15) is 42.4 Å². The number of aromatic nitrogens is 2. The van der Waals surface area contributed by atoms with Crippen LogP contribution in [0.4, 0.5) is 30.6 Å². The number of carbonyl (C=O) groups is 1. The molecule has 30 heavy (non-hydrogen) atoms. The van der Waals surface area contributed by atoms with Crippen LogP contribution in [0, 0.1) is 5.92 Å². The SMILES string of the molecule is O=C(C1CC1)N1CCc2cc(Nc3ncc(C(F)(F)F)c(NC4CC4)n3)ccc2C1. The van der Waals surface area contributed by atoms with Crippen molar-refractivity contribution in [2.45, 2.75) is 50.9 Å². The third-order valence-corrected chi connectivity index (χ3v) is 5.73. The van der Waals surface area contributed by atoms with Crippen molar-refractivity contribution in [2.24, 2.45) is 5.92 Å². The van der Waals surface area contributed by atoms with Crippen LogP contribution in [0.2, 0.25) is 0 Å². The Balaban J connectivity index is 1.33. The average molecular weight is 417 g/mol. The molecule has 0 radical (unpaired) electrons. The number of anilines is 3. The Morgan fingerprint density at radius 1 is 1.13 bits per heavy atom. The number of nitrogens with zero attached hydrogens (tertiary/aromatic N) is 3. The van der Waals surface area contributed by atoms with E-state index in [1.165, 1.54) is 0 Å². The number of halogens is 3. The second kappa shape index (κ2) is 7.14. The zero-order chi connectivity index (χ0) is 20.9. The summed E-state index contributed by atoms with van der Waals surface area (Å²) in [5, 5.41) is 5.87. The molecule has 2 saturated carbocycles. The van der Waals surface area contributed by atoms with Gasteiger partial charge in [0.15, 0.2) is 0 Å². The summed E-state index contributed by atoms with van der Waals surface area (Å²) < 4.78 is 39.7. The van der Waals surface area contributed by atoms with Gasteiger partial charge in [-0.2, -0.15) is 18.2 Å². The summed E-state index contributed by atoms with van der Waals surface area (Å²) in [6.07, 6.45) is 0.743. The van der Waals surface area contributed by atoms with E-state index in [9.17, 15) is 18.0 Å². The maximum atomic E-state index is 13.2. The molecule has 3 aliphatic rings. The third-order valence-electron chi connectivity index (χ3n) is 5.73. The zero-order valence-corrected chi connectivity index (χ0v) is 16.3. The highest BCUT2D eigenvalue weighted by Crippen LogP contribution is 2.37. The maximum Gasteiger partial charge on any atom is 0.421 e. The normalized spacial score (nSPS) is 18.7. The predicted octanol–water partition coefficient (Wildman–Crippen LogP) is 4.11. The number of hydrogen-bond donors (Lipinski definition) is 2. The Kier molecular flexibility index (Phi) is 4.56. The molecule has 158 valence electrons. The quantitative estimate of drug-likeness (QED) is 0.766. The minimum absolute atomic E-state index is 0.0406. The molecule has 0 saturated heterocycles. The molecule has 0 spiro atoms. The number of amides is 1. The highest BCUT2D eigenvalue weighted by Gasteiger charge is 2.37. The van der Waals surface area contributed by atoms with Gasteiger partial charge in [0.25, 0.3) is 0 Å². The fourth-order valence-electron chi connectivity index (χ4n) is 3.72. The molecule has 1 aromatic carbocycles. The van der Waals surface area contributed by atoms with Crippen LogP contribution in [0.5, 0.6) is 0 Å². The van der Waals surface area contributed by atoms with Gasteiger partial charge in [0, 0.05) is 36.9 Å². The van der Waals surface area contributed by atoms with Crippen molar-refractivity contribution >= 4 is 23.4 Å². The van der Waals surface area contributed by atoms with Gasteiger partial charge in [-0.05, 0) is 55.4 Å². The second-order valence-corrected chi connectivity index (χ2v) is 8.26. The number of hydrogen-bond acceptors (Lipinski definition) is 5. The van der Waals surface area contributed by atoms with Crippen molar-refractivity contribution in [2.75, 3.05) is 17.2 Å². The van der Waals surface area contributed by atoms with Gasteiger partial charge < -0.3 is 15.5 Å². The third kappa shape index (κ3) is 4.06. The molecule has 1 amide bonds. The van der Waals surface area contributed by atoms with E-state index >= 15 is 0 Å². The number of alkyl halides is 3. The molecule has 2 N–H and O–H groups in total. The van der Waals surface area contributed by atoms with E-state index in [2.05, 4.69) is 20.6 Å². The number of rotatable bonds is 5. The maximum absolute atomic E-state index is 13.2. The van der Waals surface area contributed by atoms with E-state index < -0.39 is 11.7 Å². The molecule has 0 unspecified atom stereocenters. The predicted molar refractivity (Wildman–Crippen MR) is 105 cm³/mol. The molecule has 0 bridgehead atoms. The van der Waals surface area contributed by atoms with Crippen molar-refractivity contribution < 1.29 is 18.0 Å². The molecule has 1 aliphatic heterocycles. The monoisotopic (exact) mass is 417 g/mol. The number of carbonyl (C=O) groups excluding carboxylic acids is 1. The van der Waals surface area contributed by atoms with Gasteiger partial charge in [-0.15, -0.1) is 0 Å². The molecule has 9 heteroatoms. The minimum atomic E-state index is -4.51. The Morgan fingerprint density at radius 2 is 1.93 bits per heavy atom. The van der Waals surface area contributed by atoms with E-state index in [-0.39, 0.29) is 29.6 Å². The lowest BCUT2D eigenvalue weighted by molar-refractivity contribution is -0.137. The first-order valence-electron chi connectivity index (χ1n) is 10.3. The van der Waals surface area contributed by atoms with Crippen molar-refractivity contribution in [3.8, 4) is 0 Å². The van der Waals surface area contributed by atoms with E-state index in [0.29, 0.717) is 18.8 Å². The Labute approximate surface area is 171 Å². The Hall–Kier alpha value is -2.84. The second-order valence-electron chi connectivity index (χ2n) is 8.26. The molecule has 1 aromatic heterocycles. The first kappa shape index (κ1) is 19.1. The number of nitrogens with one attached hydrogen (secondary N) is 2. The van der Waals surface area contributed by atoms with Gasteiger partial charge in [-0.25, -0.2) is 4.98 Å². The van der Waals surface area contributed by atoms with Gasteiger partial charge in [0.1, 0.15) is 11.4 Å². The smallest absolute Gasteiger partial charge is 0.367 e. The van der Waals surface area contributed by atoms with Gasteiger partial charge in [-0.1, -0.05) is 6.07 Å². The van der Waals surface area contributed by atoms with E-state index in [1.807, 2.05) is 23.1 Å². The lowest BCUT2D eigenvalue weighted by Gasteiger charge is -2.29. The fourth-order valence-corrected chi connectivity index (χ4v) is 3.72. The van der Waals surface area contributed by atoms with E-state index in [1.54, 1.807) is 0 Å². The molecule has 2 fully saturated rings. The van der Waals surface area contributed by atoms with Crippen molar-refractivity contribution in [3.05, 3.63) is 41.1 Å². The van der Waals surface area contributed by atoms with Crippen LogP contribution in [0.25, 0.3) is 0 Å². The van der Waals surface area contributed by atoms with Crippen LogP contribution in [0.3, 0.4) is 0 Å². The Morgan fingerprint density at radius 3 is 2.63 bits per heavy atom. The van der Waals surface area contributed by atoms with Crippen molar-refractivity contribution in [1.29, 1.82) is 0 Å². The molecule has 0 atom stereocenters. The molecular formula is C21H22F3N5O. The topological polar surface area (TPSA) is 70.2 Å². The summed E-state index contributed by atoms with van der Waals surface area (Å²) in [5.41, 5.74) is 2.09. The lowest BCUT2D eigenvalue weighted by Crippen LogP contribution is -2.36. The first-order chi connectivity index (χ1) is 14.4. The first-order valence-corrected chi connectivity index (χ1v) is 10.3. The minimum Gasteiger partial charge on any atom is -0.367 e. The van der Waals surface area contributed by atoms with Gasteiger partial charge in [0.05, 0.1) is 0 Å². The van der Waals surface area contributed by atoms with Gasteiger partial charge >= 0.3 is 6.18 Å². The summed E-state index contributed by atoms with van der Waals surface area (Å²) in [6.45, 7) is 1.30. The molecule has 5 rings (SSSR count). The Bertz CT molecular complexity index is 985. The van der Waals surface area contributed by atoms with Crippen LogP contribution in [-0.4, -0.2) is 33.4 Å². The van der Waals surface area contributed by atoms with Crippen LogP contribution < -0.4 is 10.6 Å². The van der Waals surface area contributed by atoms with Crippen LogP contribution >= 0.6 is 0 Å². The number of fused-ring (bicyclic) bond motifs is 1. The molecule has 2 heterocycles. The summed E-state index contributed by atoms with van der Waals surface area (Å²) in [6, 6.07) is 5.80. The van der Waals surface area contributed by atoms with Crippen molar-refractivity contribution in [3.63, 3.8) is 0 Å². The van der Waals surface area contributed by atoms with Gasteiger partial charge in [-0.3, -0.25) is 4.79 Å². The van der Waals surface area contributed by atoms with Crippen LogP contribution in [-0.2, 0) is 23.9 Å². The molecular weight excluding hydrogens is 395 g/mol. The van der Waals surface area contributed by atoms with Crippen LogP contribution in [0.15, 0.2) is 24.4 Å². The molecule has 2 aromatic rings. The summed E-state index contributed by atoms with van der Waals surface area (Å²) in [4.78, 5) is 22.2. The standard InChI is InChI=1S/C21H22F3N5O/c22-21(23,24)17-10-25-20(28-18(17)26-15-5-6-15)27-16-4-3-14-11-29(8-7-13(14)9-16)19(30)12-1-2-12/h3-4,9-10,12,15H,1-2,5-8,11H2,(H2,25,26,27,28). The molecule has 2 aliphatic carbocycles. The van der Waals surface area contributed by atoms with E-state index in [0.717, 1.165) is 49.4 Å². The summed E-state index contributed by atoms with van der Waals surface area (Å²) in [5.74, 6) is 0.390. The van der Waals surface area contributed by atoms with Gasteiger partial charge in [0.2, 0.25) is 11.9 Å². The highest BCUT2D eigenvalue weighted by atomic mass is 19.4. The largest absolute Gasteiger partial charge is 0.421 e. The molecule has 6 nitrogen and oxygen atoms in total. The highest BCUT2D eigenvalue weighted by molar-refractivity contribution is 5.81. The van der Waals surface area contributed by atoms with Crippen molar-refractivity contribution in [1.82, 2.24) is 14.9 Å². The summed E-state index contributed by atoms with van der Waals surface area (Å²) in [7, 11) is 0. The zero-order valence-electron chi connectivity index (χ0n) is 16.3.